The zero-order valence-corrected chi connectivity index (χ0v) is 12.1. The number of carboxylic acid groups (broad SMARTS) is 1. The molecular formula is C13H24N2O4. The number of aliphatic carboxylic acids is 1. The second-order valence-electron chi connectivity index (χ2n) is 4.80. The van der Waals surface area contributed by atoms with Crippen LogP contribution in [0.1, 0.15) is 40.5 Å². The standard InChI is InChI=1S/C13H24N2O4/c1-5-9(2)8-12(17)15(10(3)13(18)19)7-6-14-11(4)16/h9-10H,5-8H2,1-4H3,(H,14,16)(H,18,19). The van der Waals surface area contributed by atoms with Crippen LogP contribution in [0.15, 0.2) is 0 Å². The highest BCUT2D eigenvalue weighted by Gasteiger charge is 2.25. The molecule has 0 radical (unpaired) electrons. The second kappa shape index (κ2) is 8.50. The molecular weight excluding hydrogens is 248 g/mol. The van der Waals surface area contributed by atoms with Gasteiger partial charge in [0.05, 0.1) is 0 Å². The van der Waals surface area contributed by atoms with Crippen LogP contribution in [0, 0.1) is 5.92 Å². The Morgan fingerprint density at radius 1 is 1.26 bits per heavy atom. The topological polar surface area (TPSA) is 86.7 Å². The summed E-state index contributed by atoms with van der Waals surface area (Å²) in [6.07, 6.45) is 1.20. The lowest BCUT2D eigenvalue weighted by Crippen LogP contribution is -2.47. The predicted molar refractivity (Wildman–Crippen MR) is 71.6 cm³/mol. The van der Waals surface area contributed by atoms with Crippen molar-refractivity contribution in [3.05, 3.63) is 0 Å². The molecule has 2 N–H and O–H groups in total. The van der Waals surface area contributed by atoms with Crippen LogP contribution in [0.5, 0.6) is 0 Å². The highest BCUT2D eigenvalue weighted by molar-refractivity contribution is 5.83. The summed E-state index contributed by atoms with van der Waals surface area (Å²) in [4.78, 5) is 35.2. The molecule has 6 nitrogen and oxygen atoms in total. The van der Waals surface area contributed by atoms with Crippen molar-refractivity contribution in [3.63, 3.8) is 0 Å². The lowest BCUT2D eigenvalue weighted by Gasteiger charge is -2.27. The number of hydrogen-bond acceptors (Lipinski definition) is 3. The Kier molecular flexibility index (Phi) is 7.79. The maximum atomic E-state index is 12.1. The Hall–Kier alpha value is -1.59. The van der Waals surface area contributed by atoms with E-state index in [0.29, 0.717) is 6.42 Å². The Morgan fingerprint density at radius 3 is 2.26 bits per heavy atom. The van der Waals surface area contributed by atoms with Gasteiger partial charge in [-0.1, -0.05) is 20.3 Å². The van der Waals surface area contributed by atoms with Crippen molar-refractivity contribution in [2.45, 2.75) is 46.6 Å². The molecule has 0 bridgehead atoms. The molecule has 0 aliphatic heterocycles. The third-order valence-electron chi connectivity index (χ3n) is 3.09. The average Bonchev–Trinajstić information content (AvgIpc) is 2.32. The van der Waals surface area contributed by atoms with Gasteiger partial charge in [0.15, 0.2) is 0 Å². The maximum absolute atomic E-state index is 12.1. The normalized spacial score (nSPS) is 13.5. The summed E-state index contributed by atoms with van der Waals surface area (Å²) >= 11 is 0. The number of rotatable bonds is 8. The molecule has 0 aliphatic rings. The molecule has 0 aromatic heterocycles. The summed E-state index contributed by atoms with van der Waals surface area (Å²) in [6, 6.07) is -0.884. The van der Waals surface area contributed by atoms with E-state index in [2.05, 4.69) is 5.32 Å². The molecule has 0 aromatic carbocycles. The van der Waals surface area contributed by atoms with Gasteiger partial charge in [0.1, 0.15) is 6.04 Å². The molecule has 0 spiro atoms. The molecule has 0 fully saturated rings. The lowest BCUT2D eigenvalue weighted by atomic mass is 10.0. The Balaban J connectivity index is 4.61. The van der Waals surface area contributed by atoms with Crippen molar-refractivity contribution in [2.24, 2.45) is 5.92 Å². The Morgan fingerprint density at radius 2 is 1.84 bits per heavy atom. The predicted octanol–water partition coefficient (Wildman–Crippen LogP) is 0.860. The van der Waals surface area contributed by atoms with E-state index in [0.717, 1.165) is 6.42 Å². The Labute approximate surface area is 114 Å². The van der Waals surface area contributed by atoms with Gasteiger partial charge in [-0.05, 0) is 12.8 Å². The third kappa shape index (κ3) is 6.79. The van der Waals surface area contributed by atoms with Crippen LogP contribution in [0.4, 0.5) is 0 Å². The summed E-state index contributed by atoms with van der Waals surface area (Å²) in [5.41, 5.74) is 0. The summed E-state index contributed by atoms with van der Waals surface area (Å²) in [7, 11) is 0. The van der Waals surface area contributed by atoms with Crippen molar-refractivity contribution < 1.29 is 19.5 Å². The number of carbonyl (C=O) groups is 3. The molecule has 0 aliphatic carbocycles. The van der Waals surface area contributed by atoms with Gasteiger partial charge in [-0.3, -0.25) is 9.59 Å². The van der Waals surface area contributed by atoms with Gasteiger partial charge in [-0.15, -0.1) is 0 Å². The van der Waals surface area contributed by atoms with Crippen LogP contribution in [0.3, 0.4) is 0 Å². The molecule has 2 atom stereocenters. The van der Waals surface area contributed by atoms with E-state index in [1.807, 2.05) is 13.8 Å². The molecule has 2 amide bonds. The van der Waals surface area contributed by atoms with Crippen LogP contribution in [-0.2, 0) is 14.4 Å². The lowest BCUT2D eigenvalue weighted by molar-refractivity contribution is -0.149. The SMILES string of the molecule is CCC(C)CC(=O)N(CCNC(C)=O)C(C)C(=O)O. The maximum Gasteiger partial charge on any atom is 0.326 e. The number of hydrogen-bond donors (Lipinski definition) is 2. The summed E-state index contributed by atoms with van der Waals surface area (Å²) < 4.78 is 0. The molecule has 2 unspecified atom stereocenters. The first-order valence-corrected chi connectivity index (χ1v) is 6.56. The van der Waals surface area contributed by atoms with E-state index in [1.165, 1.54) is 18.7 Å². The van der Waals surface area contributed by atoms with Crippen molar-refractivity contribution in [2.75, 3.05) is 13.1 Å². The number of carboxylic acids is 1. The summed E-state index contributed by atoms with van der Waals surface area (Å²) in [6.45, 7) is 7.27. The first kappa shape index (κ1) is 17.4. The molecule has 0 saturated heterocycles. The van der Waals surface area contributed by atoms with Crippen LogP contribution in [-0.4, -0.2) is 46.9 Å². The first-order valence-electron chi connectivity index (χ1n) is 6.56. The van der Waals surface area contributed by atoms with Crippen molar-refractivity contribution in [1.82, 2.24) is 10.2 Å². The number of amides is 2. The minimum atomic E-state index is -1.04. The van der Waals surface area contributed by atoms with Gasteiger partial charge >= 0.3 is 5.97 Å². The summed E-state index contributed by atoms with van der Waals surface area (Å²) in [5, 5.41) is 11.6. The minimum absolute atomic E-state index is 0.186. The van der Waals surface area contributed by atoms with Gasteiger partial charge in [-0.25, -0.2) is 4.79 Å². The highest BCUT2D eigenvalue weighted by atomic mass is 16.4. The van der Waals surface area contributed by atoms with Crippen LogP contribution in [0.2, 0.25) is 0 Å². The highest BCUT2D eigenvalue weighted by Crippen LogP contribution is 2.11. The molecule has 0 aromatic rings. The van der Waals surface area contributed by atoms with E-state index in [1.54, 1.807) is 0 Å². The van der Waals surface area contributed by atoms with Gasteiger partial charge in [-0.2, -0.15) is 0 Å². The van der Waals surface area contributed by atoms with Gasteiger partial charge in [0.25, 0.3) is 0 Å². The monoisotopic (exact) mass is 272 g/mol. The Bertz CT molecular complexity index is 331. The largest absolute Gasteiger partial charge is 0.480 e. The summed E-state index contributed by atoms with van der Waals surface area (Å²) in [5.74, 6) is -1.20. The average molecular weight is 272 g/mol. The smallest absolute Gasteiger partial charge is 0.326 e. The number of nitrogens with one attached hydrogen (secondary N) is 1. The van der Waals surface area contributed by atoms with Gasteiger partial charge in [0.2, 0.25) is 11.8 Å². The van der Waals surface area contributed by atoms with Gasteiger partial charge < -0.3 is 15.3 Å². The van der Waals surface area contributed by atoms with E-state index in [9.17, 15) is 14.4 Å². The molecule has 0 saturated carbocycles. The molecule has 0 heterocycles. The third-order valence-corrected chi connectivity index (χ3v) is 3.09. The van der Waals surface area contributed by atoms with Crippen LogP contribution < -0.4 is 5.32 Å². The first-order chi connectivity index (χ1) is 8.79. The number of carbonyl (C=O) groups excluding carboxylic acids is 2. The fourth-order valence-electron chi connectivity index (χ4n) is 1.58. The van der Waals surface area contributed by atoms with Crippen molar-refractivity contribution >= 4 is 17.8 Å². The zero-order chi connectivity index (χ0) is 15.0. The van der Waals surface area contributed by atoms with E-state index < -0.39 is 12.0 Å². The fourth-order valence-corrected chi connectivity index (χ4v) is 1.58. The second-order valence-corrected chi connectivity index (χ2v) is 4.80. The van der Waals surface area contributed by atoms with Crippen molar-refractivity contribution in [1.29, 1.82) is 0 Å². The van der Waals surface area contributed by atoms with Crippen LogP contribution >= 0.6 is 0 Å². The van der Waals surface area contributed by atoms with Crippen LogP contribution in [0.25, 0.3) is 0 Å². The van der Waals surface area contributed by atoms with E-state index in [-0.39, 0.29) is 30.8 Å². The molecule has 0 rings (SSSR count). The zero-order valence-electron chi connectivity index (χ0n) is 12.1. The minimum Gasteiger partial charge on any atom is -0.480 e. The molecule has 6 heteroatoms. The quantitative estimate of drug-likeness (QED) is 0.686. The molecule has 19 heavy (non-hydrogen) atoms. The van der Waals surface area contributed by atoms with E-state index in [4.69, 9.17) is 5.11 Å². The van der Waals surface area contributed by atoms with E-state index >= 15 is 0 Å². The fraction of sp³-hybridized carbons (Fsp3) is 0.769. The number of nitrogens with zero attached hydrogens (tertiary/aromatic N) is 1. The molecule has 110 valence electrons. The van der Waals surface area contributed by atoms with Gasteiger partial charge in [0, 0.05) is 26.4 Å². The van der Waals surface area contributed by atoms with Crippen molar-refractivity contribution in [3.8, 4) is 0 Å².